The van der Waals surface area contributed by atoms with Crippen LogP contribution in [-0.4, -0.2) is 10.1 Å². The zero-order valence-electron chi connectivity index (χ0n) is 8.60. The minimum atomic E-state index is -0.485. The average molecular weight is 219 g/mol. The highest BCUT2D eigenvalue weighted by Crippen LogP contribution is 2.25. The lowest BCUT2D eigenvalue weighted by Crippen LogP contribution is -1.98. The minimum Gasteiger partial charge on any atom is -0.388 e. The number of hydrogen-bond acceptors (Lipinski definition) is 3. The molecule has 0 saturated heterocycles. The standard InChI is InChI=1S/C12H13NOS/c1-8(2)5-11(14)9-6-12-10(13-7-9)3-4-15-12/h3-4,6-7,11,14H,1,5H2,2H3. The van der Waals surface area contributed by atoms with Gasteiger partial charge in [0.2, 0.25) is 0 Å². The maximum Gasteiger partial charge on any atom is 0.0842 e. The van der Waals surface area contributed by atoms with E-state index in [2.05, 4.69) is 11.6 Å². The normalized spacial score (nSPS) is 12.9. The molecule has 3 heteroatoms. The molecular formula is C12H13NOS. The summed E-state index contributed by atoms with van der Waals surface area (Å²) in [4.78, 5) is 4.29. The first-order chi connectivity index (χ1) is 7.16. The van der Waals surface area contributed by atoms with Crippen LogP contribution in [0, 0.1) is 0 Å². The van der Waals surface area contributed by atoms with Gasteiger partial charge in [0, 0.05) is 11.8 Å². The van der Waals surface area contributed by atoms with Crippen LogP contribution in [0.25, 0.3) is 10.2 Å². The molecule has 2 rings (SSSR count). The van der Waals surface area contributed by atoms with Crippen molar-refractivity contribution in [1.82, 2.24) is 4.98 Å². The van der Waals surface area contributed by atoms with Gasteiger partial charge in [-0.05, 0) is 30.9 Å². The molecule has 2 aromatic rings. The van der Waals surface area contributed by atoms with Crippen LogP contribution in [-0.2, 0) is 0 Å². The molecule has 0 aliphatic heterocycles. The van der Waals surface area contributed by atoms with E-state index in [0.717, 1.165) is 21.4 Å². The van der Waals surface area contributed by atoms with Crippen molar-refractivity contribution >= 4 is 21.6 Å². The van der Waals surface area contributed by atoms with E-state index in [1.807, 2.05) is 24.4 Å². The van der Waals surface area contributed by atoms with E-state index >= 15 is 0 Å². The molecule has 78 valence electrons. The molecule has 1 unspecified atom stereocenters. The highest BCUT2D eigenvalue weighted by molar-refractivity contribution is 7.17. The van der Waals surface area contributed by atoms with Crippen molar-refractivity contribution < 1.29 is 5.11 Å². The molecule has 0 saturated carbocycles. The third kappa shape index (κ3) is 2.25. The molecule has 15 heavy (non-hydrogen) atoms. The summed E-state index contributed by atoms with van der Waals surface area (Å²) in [5.41, 5.74) is 2.84. The second-order valence-corrected chi connectivity index (χ2v) is 4.70. The van der Waals surface area contributed by atoms with Gasteiger partial charge in [0.25, 0.3) is 0 Å². The van der Waals surface area contributed by atoms with Gasteiger partial charge in [-0.3, -0.25) is 4.98 Å². The Balaban J connectivity index is 2.30. The number of nitrogens with zero attached hydrogens (tertiary/aromatic N) is 1. The summed E-state index contributed by atoms with van der Waals surface area (Å²) in [6, 6.07) is 3.98. The topological polar surface area (TPSA) is 33.1 Å². The monoisotopic (exact) mass is 219 g/mol. The molecule has 0 spiro atoms. The number of aliphatic hydroxyl groups is 1. The van der Waals surface area contributed by atoms with Crippen molar-refractivity contribution in [3.63, 3.8) is 0 Å². The van der Waals surface area contributed by atoms with Gasteiger partial charge in [0.15, 0.2) is 0 Å². The number of aromatic nitrogens is 1. The fourth-order valence-electron chi connectivity index (χ4n) is 1.49. The maximum atomic E-state index is 9.89. The molecule has 1 N–H and O–H groups in total. The fraction of sp³-hybridized carbons (Fsp3) is 0.250. The van der Waals surface area contributed by atoms with Gasteiger partial charge < -0.3 is 5.11 Å². The van der Waals surface area contributed by atoms with Crippen LogP contribution in [0.5, 0.6) is 0 Å². The number of aliphatic hydroxyl groups excluding tert-OH is 1. The number of rotatable bonds is 3. The zero-order chi connectivity index (χ0) is 10.8. The zero-order valence-corrected chi connectivity index (χ0v) is 9.42. The summed E-state index contributed by atoms with van der Waals surface area (Å²) in [6.45, 7) is 5.71. The van der Waals surface area contributed by atoms with Crippen molar-refractivity contribution in [3.8, 4) is 0 Å². The second kappa shape index (κ2) is 4.13. The molecule has 0 aromatic carbocycles. The number of pyridine rings is 1. The Hall–Kier alpha value is -1.19. The SMILES string of the molecule is C=C(C)CC(O)c1cnc2ccsc2c1. The fourth-order valence-corrected chi connectivity index (χ4v) is 2.28. The Morgan fingerprint density at radius 1 is 1.67 bits per heavy atom. The predicted octanol–water partition coefficient (Wildman–Crippen LogP) is 3.30. The van der Waals surface area contributed by atoms with Gasteiger partial charge >= 0.3 is 0 Å². The van der Waals surface area contributed by atoms with Crippen molar-refractivity contribution in [3.05, 3.63) is 41.4 Å². The average Bonchev–Trinajstić information content (AvgIpc) is 2.62. The van der Waals surface area contributed by atoms with Crippen LogP contribution >= 0.6 is 11.3 Å². The number of hydrogen-bond donors (Lipinski definition) is 1. The summed E-state index contributed by atoms with van der Waals surface area (Å²) >= 11 is 1.64. The van der Waals surface area contributed by atoms with E-state index in [1.165, 1.54) is 0 Å². The van der Waals surface area contributed by atoms with Gasteiger partial charge in [-0.1, -0.05) is 5.57 Å². The lowest BCUT2D eigenvalue weighted by atomic mass is 10.1. The van der Waals surface area contributed by atoms with Crippen LogP contribution in [0.4, 0.5) is 0 Å². The highest BCUT2D eigenvalue weighted by Gasteiger charge is 2.09. The van der Waals surface area contributed by atoms with Crippen molar-refractivity contribution in [2.75, 3.05) is 0 Å². The largest absolute Gasteiger partial charge is 0.388 e. The second-order valence-electron chi connectivity index (χ2n) is 3.75. The number of fused-ring (bicyclic) bond motifs is 1. The van der Waals surface area contributed by atoms with Crippen molar-refractivity contribution in [2.45, 2.75) is 19.4 Å². The Morgan fingerprint density at radius 2 is 2.47 bits per heavy atom. The molecule has 2 aromatic heterocycles. The van der Waals surface area contributed by atoms with E-state index in [0.29, 0.717) is 6.42 Å². The first-order valence-corrected chi connectivity index (χ1v) is 5.70. The molecule has 0 bridgehead atoms. The van der Waals surface area contributed by atoms with Gasteiger partial charge in [-0.15, -0.1) is 17.9 Å². The molecule has 1 atom stereocenters. The summed E-state index contributed by atoms with van der Waals surface area (Å²) in [6.07, 6.45) is 1.85. The first-order valence-electron chi connectivity index (χ1n) is 4.82. The van der Waals surface area contributed by atoms with E-state index in [-0.39, 0.29) is 0 Å². The van der Waals surface area contributed by atoms with Gasteiger partial charge in [0.1, 0.15) is 0 Å². The van der Waals surface area contributed by atoms with Crippen LogP contribution in [0.2, 0.25) is 0 Å². The third-order valence-electron chi connectivity index (χ3n) is 2.25. The van der Waals surface area contributed by atoms with E-state index in [1.54, 1.807) is 17.5 Å². The lowest BCUT2D eigenvalue weighted by molar-refractivity contribution is 0.178. The van der Waals surface area contributed by atoms with Crippen LogP contribution in [0.3, 0.4) is 0 Å². The van der Waals surface area contributed by atoms with E-state index in [4.69, 9.17) is 0 Å². The quantitative estimate of drug-likeness (QED) is 0.803. The molecule has 0 fully saturated rings. The van der Waals surface area contributed by atoms with Gasteiger partial charge in [0.05, 0.1) is 16.3 Å². The van der Waals surface area contributed by atoms with Gasteiger partial charge in [-0.25, -0.2) is 0 Å². The van der Waals surface area contributed by atoms with Crippen molar-refractivity contribution in [2.24, 2.45) is 0 Å². The molecule has 0 radical (unpaired) electrons. The molecular weight excluding hydrogens is 206 g/mol. The Bertz CT molecular complexity index is 489. The maximum absolute atomic E-state index is 9.89. The highest BCUT2D eigenvalue weighted by atomic mass is 32.1. The lowest BCUT2D eigenvalue weighted by Gasteiger charge is -2.09. The Labute approximate surface area is 92.9 Å². The molecule has 0 aliphatic rings. The third-order valence-corrected chi connectivity index (χ3v) is 3.10. The summed E-state index contributed by atoms with van der Waals surface area (Å²) in [5, 5.41) is 11.9. The molecule has 2 heterocycles. The molecule has 0 amide bonds. The van der Waals surface area contributed by atoms with E-state index in [9.17, 15) is 5.11 Å². The van der Waals surface area contributed by atoms with E-state index < -0.39 is 6.10 Å². The summed E-state index contributed by atoms with van der Waals surface area (Å²) in [7, 11) is 0. The number of thiophene rings is 1. The van der Waals surface area contributed by atoms with Crippen LogP contribution in [0.15, 0.2) is 35.9 Å². The van der Waals surface area contributed by atoms with Gasteiger partial charge in [-0.2, -0.15) is 0 Å². The Morgan fingerprint density at radius 3 is 3.20 bits per heavy atom. The smallest absolute Gasteiger partial charge is 0.0842 e. The van der Waals surface area contributed by atoms with Crippen LogP contribution in [0.1, 0.15) is 25.0 Å². The van der Waals surface area contributed by atoms with Crippen LogP contribution < -0.4 is 0 Å². The Kier molecular flexibility index (Phi) is 2.84. The molecule has 0 aliphatic carbocycles. The minimum absolute atomic E-state index is 0.485. The van der Waals surface area contributed by atoms with Crippen molar-refractivity contribution in [1.29, 1.82) is 0 Å². The summed E-state index contributed by atoms with van der Waals surface area (Å²) < 4.78 is 1.12. The summed E-state index contributed by atoms with van der Waals surface area (Å²) in [5.74, 6) is 0. The molecule has 2 nitrogen and oxygen atoms in total. The first kappa shape index (κ1) is 10.3. The predicted molar refractivity (Wildman–Crippen MR) is 64.0 cm³/mol.